The third kappa shape index (κ3) is 2.70. The normalized spacial score (nSPS) is 21.0. The highest BCUT2D eigenvalue weighted by Crippen LogP contribution is 2.53. The lowest BCUT2D eigenvalue weighted by Crippen LogP contribution is -2.38. The molecule has 4 rings (SSSR count). The largest absolute Gasteiger partial charge is 0.478 e. The Hall–Kier alpha value is -2.34. The zero-order valence-electron chi connectivity index (χ0n) is 13.2. The van der Waals surface area contributed by atoms with Crippen molar-refractivity contribution in [3.63, 3.8) is 0 Å². The summed E-state index contributed by atoms with van der Waals surface area (Å²) in [7, 11) is 0. The summed E-state index contributed by atoms with van der Waals surface area (Å²) in [6.07, 6.45) is -2.29. The molecule has 1 unspecified atom stereocenters. The summed E-state index contributed by atoms with van der Waals surface area (Å²) in [5, 5.41) is 12.7. The zero-order chi connectivity index (χ0) is 17.8. The molecule has 2 aliphatic rings. The van der Waals surface area contributed by atoms with Crippen LogP contribution in [0.5, 0.6) is 0 Å². The summed E-state index contributed by atoms with van der Waals surface area (Å²) >= 11 is 0. The average molecular weight is 347 g/mol. The standard InChI is InChI=1S/C19H16F3NO2/c20-19(21,22)13-4-1-11(2-5-13)16-14-9-12(17(24)25)3-6-15(14)18(7-8-18)10-23-16/h1-6,9,16,23H,7-8,10H2,(H,24,25). The van der Waals surface area contributed by atoms with Gasteiger partial charge in [-0.15, -0.1) is 0 Å². The SMILES string of the molecule is O=C(O)c1ccc2c(c1)C(c1ccc(C(F)(F)F)cc1)NCC21CC1. The van der Waals surface area contributed by atoms with Crippen molar-refractivity contribution in [3.8, 4) is 0 Å². The van der Waals surface area contributed by atoms with E-state index in [4.69, 9.17) is 0 Å². The van der Waals surface area contributed by atoms with Crippen LogP contribution in [-0.4, -0.2) is 17.6 Å². The number of halogens is 3. The van der Waals surface area contributed by atoms with Crippen molar-refractivity contribution in [2.75, 3.05) is 6.54 Å². The molecule has 2 aromatic rings. The summed E-state index contributed by atoms with van der Waals surface area (Å²) in [6, 6.07) is 9.87. The predicted octanol–water partition coefficient (Wildman–Crippen LogP) is 4.13. The maximum Gasteiger partial charge on any atom is 0.416 e. The zero-order valence-corrected chi connectivity index (χ0v) is 13.2. The van der Waals surface area contributed by atoms with Crippen LogP contribution in [-0.2, 0) is 11.6 Å². The van der Waals surface area contributed by atoms with E-state index >= 15 is 0 Å². The van der Waals surface area contributed by atoms with E-state index in [2.05, 4.69) is 5.32 Å². The Morgan fingerprint density at radius 2 is 1.80 bits per heavy atom. The maximum absolute atomic E-state index is 12.8. The molecule has 6 heteroatoms. The van der Waals surface area contributed by atoms with Gasteiger partial charge in [0, 0.05) is 12.0 Å². The fraction of sp³-hybridized carbons (Fsp3) is 0.316. The van der Waals surface area contributed by atoms with E-state index in [9.17, 15) is 23.1 Å². The molecule has 3 nitrogen and oxygen atoms in total. The van der Waals surface area contributed by atoms with Crippen LogP contribution in [0.2, 0.25) is 0 Å². The minimum atomic E-state index is -4.37. The second-order valence-corrected chi connectivity index (χ2v) is 6.82. The molecule has 1 saturated carbocycles. The molecular formula is C19H16F3NO2. The predicted molar refractivity (Wildman–Crippen MR) is 85.6 cm³/mol. The topological polar surface area (TPSA) is 49.3 Å². The number of carbonyl (C=O) groups is 1. The Balaban J connectivity index is 1.77. The molecule has 1 heterocycles. The number of alkyl halides is 3. The lowest BCUT2D eigenvalue weighted by molar-refractivity contribution is -0.137. The number of carboxylic acid groups (broad SMARTS) is 1. The molecule has 0 aromatic heterocycles. The van der Waals surface area contributed by atoms with Crippen LogP contribution in [0.25, 0.3) is 0 Å². The number of nitrogens with one attached hydrogen (secondary N) is 1. The smallest absolute Gasteiger partial charge is 0.416 e. The number of benzene rings is 2. The second-order valence-electron chi connectivity index (χ2n) is 6.82. The highest BCUT2D eigenvalue weighted by Gasteiger charge is 2.49. The number of carboxylic acids is 1. The molecule has 2 N–H and O–H groups in total. The molecule has 2 aromatic carbocycles. The highest BCUT2D eigenvalue weighted by atomic mass is 19.4. The molecule has 1 aliphatic carbocycles. The quantitative estimate of drug-likeness (QED) is 0.859. The van der Waals surface area contributed by atoms with Crippen LogP contribution >= 0.6 is 0 Å². The van der Waals surface area contributed by atoms with Gasteiger partial charge >= 0.3 is 12.1 Å². The van der Waals surface area contributed by atoms with Gasteiger partial charge in [-0.1, -0.05) is 18.2 Å². The van der Waals surface area contributed by atoms with Gasteiger partial charge < -0.3 is 10.4 Å². The first kappa shape index (κ1) is 16.1. The maximum atomic E-state index is 12.8. The van der Waals surface area contributed by atoms with Gasteiger partial charge in [-0.3, -0.25) is 0 Å². The van der Waals surface area contributed by atoms with Gasteiger partial charge in [0.05, 0.1) is 17.2 Å². The Morgan fingerprint density at radius 3 is 2.36 bits per heavy atom. The molecule has 1 aliphatic heterocycles. The molecule has 0 radical (unpaired) electrons. The minimum absolute atomic E-state index is 0.0504. The third-order valence-electron chi connectivity index (χ3n) is 5.25. The number of hydrogen-bond donors (Lipinski definition) is 2. The first-order chi connectivity index (χ1) is 11.8. The first-order valence-corrected chi connectivity index (χ1v) is 8.08. The van der Waals surface area contributed by atoms with Crippen LogP contribution < -0.4 is 5.32 Å². The molecule has 25 heavy (non-hydrogen) atoms. The Labute approximate surface area is 142 Å². The van der Waals surface area contributed by atoms with Crippen molar-refractivity contribution in [2.45, 2.75) is 30.5 Å². The molecule has 0 amide bonds. The van der Waals surface area contributed by atoms with E-state index < -0.39 is 17.7 Å². The van der Waals surface area contributed by atoms with E-state index in [1.165, 1.54) is 12.1 Å². The Kier molecular flexibility index (Phi) is 3.44. The Bertz CT molecular complexity index is 839. The summed E-state index contributed by atoms with van der Waals surface area (Å²) in [5.74, 6) is -1.01. The van der Waals surface area contributed by atoms with Crippen LogP contribution in [0.3, 0.4) is 0 Å². The first-order valence-electron chi connectivity index (χ1n) is 8.08. The van der Waals surface area contributed by atoms with E-state index in [1.807, 2.05) is 6.07 Å². The lowest BCUT2D eigenvalue weighted by atomic mass is 9.81. The van der Waals surface area contributed by atoms with Gasteiger partial charge in [-0.2, -0.15) is 13.2 Å². The average Bonchev–Trinajstić information content (AvgIpc) is 3.35. The highest BCUT2D eigenvalue weighted by molar-refractivity contribution is 5.88. The van der Waals surface area contributed by atoms with E-state index in [0.29, 0.717) is 5.56 Å². The van der Waals surface area contributed by atoms with Crippen LogP contribution in [0.15, 0.2) is 42.5 Å². The molecule has 1 spiro atoms. The summed E-state index contributed by atoms with van der Waals surface area (Å²) in [5.41, 5.74) is 2.21. The van der Waals surface area contributed by atoms with Gasteiger partial charge in [0.2, 0.25) is 0 Å². The van der Waals surface area contributed by atoms with Crippen molar-refractivity contribution >= 4 is 5.97 Å². The monoisotopic (exact) mass is 347 g/mol. The number of fused-ring (bicyclic) bond motifs is 2. The van der Waals surface area contributed by atoms with Crippen molar-refractivity contribution in [1.29, 1.82) is 0 Å². The molecule has 0 saturated heterocycles. The van der Waals surface area contributed by atoms with Crippen molar-refractivity contribution in [3.05, 3.63) is 70.3 Å². The van der Waals surface area contributed by atoms with Crippen molar-refractivity contribution in [1.82, 2.24) is 5.32 Å². The van der Waals surface area contributed by atoms with Gasteiger partial charge in [0.1, 0.15) is 0 Å². The molecule has 1 fully saturated rings. The molecule has 0 bridgehead atoms. The fourth-order valence-electron chi connectivity index (χ4n) is 3.68. The summed E-state index contributed by atoms with van der Waals surface area (Å²) < 4.78 is 38.3. The fourth-order valence-corrected chi connectivity index (χ4v) is 3.68. The van der Waals surface area contributed by atoms with E-state index in [1.54, 1.807) is 12.1 Å². The van der Waals surface area contributed by atoms with E-state index in [0.717, 1.165) is 42.6 Å². The lowest BCUT2D eigenvalue weighted by Gasteiger charge is -2.33. The van der Waals surface area contributed by atoms with Crippen LogP contribution in [0.1, 0.15) is 51.5 Å². The third-order valence-corrected chi connectivity index (χ3v) is 5.25. The minimum Gasteiger partial charge on any atom is -0.478 e. The summed E-state index contributed by atoms with van der Waals surface area (Å²) in [6.45, 7) is 0.748. The molecule has 130 valence electrons. The number of rotatable bonds is 2. The second kappa shape index (κ2) is 5.33. The number of hydrogen-bond acceptors (Lipinski definition) is 2. The van der Waals surface area contributed by atoms with E-state index in [-0.39, 0.29) is 17.0 Å². The van der Waals surface area contributed by atoms with Crippen molar-refractivity contribution < 1.29 is 23.1 Å². The van der Waals surface area contributed by atoms with Crippen LogP contribution in [0.4, 0.5) is 13.2 Å². The Morgan fingerprint density at radius 1 is 1.12 bits per heavy atom. The van der Waals surface area contributed by atoms with Gasteiger partial charge in [0.15, 0.2) is 0 Å². The van der Waals surface area contributed by atoms with Crippen LogP contribution in [0, 0.1) is 0 Å². The molecular weight excluding hydrogens is 331 g/mol. The molecule has 1 atom stereocenters. The van der Waals surface area contributed by atoms with Gasteiger partial charge in [-0.25, -0.2) is 4.79 Å². The summed E-state index contributed by atoms with van der Waals surface area (Å²) in [4.78, 5) is 11.3. The van der Waals surface area contributed by atoms with Crippen molar-refractivity contribution in [2.24, 2.45) is 0 Å². The number of aromatic carboxylic acids is 1. The van der Waals surface area contributed by atoms with Gasteiger partial charge in [0.25, 0.3) is 0 Å². The van der Waals surface area contributed by atoms with Gasteiger partial charge in [-0.05, 0) is 53.8 Å².